The van der Waals surface area contributed by atoms with Crippen molar-refractivity contribution in [2.45, 2.75) is 26.8 Å². The molecular weight excluding hydrogens is 310 g/mol. The normalized spacial score (nSPS) is 12.1. The summed E-state index contributed by atoms with van der Waals surface area (Å²) in [7, 11) is 0. The second-order valence-corrected chi connectivity index (χ2v) is 5.43. The number of rotatable bonds is 5. The van der Waals surface area contributed by atoms with Crippen LogP contribution in [0.3, 0.4) is 0 Å². The Bertz CT molecular complexity index is 463. The molecule has 0 aromatic carbocycles. The van der Waals surface area contributed by atoms with E-state index < -0.39 is 6.04 Å². The molecule has 1 aromatic heterocycles. The van der Waals surface area contributed by atoms with Crippen LogP contribution in [0.1, 0.15) is 31.1 Å². The van der Waals surface area contributed by atoms with E-state index in [0.717, 1.165) is 0 Å². The smallest absolute Gasteiger partial charge is 0.254 e. The van der Waals surface area contributed by atoms with Crippen molar-refractivity contribution in [2.75, 3.05) is 6.54 Å². The van der Waals surface area contributed by atoms with E-state index in [9.17, 15) is 9.59 Å². The minimum Gasteiger partial charge on any atom is -0.354 e. The lowest BCUT2D eigenvalue weighted by Crippen LogP contribution is -2.45. The van der Waals surface area contributed by atoms with Crippen molar-refractivity contribution in [2.24, 2.45) is 5.92 Å². The standard InChI is InChI=1S/C13H18BrN3O2/c1-8(2)7-16-12(18)9(3)17-13(19)10-5-4-6-15-11(10)14/h4-6,8-9H,7H2,1-3H3,(H,16,18)(H,17,19). The van der Waals surface area contributed by atoms with Gasteiger partial charge in [0.15, 0.2) is 0 Å². The predicted molar refractivity (Wildman–Crippen MR) is 76.7 cm³/mol. The lowest BCUT2D eigenvalue weighted by Gasteiger charge is -2.15. The summed E-state index contributed by atoms with van der Waals surface area (Å²) in [6.07, 6.45) is 1.58. The van der Waals surface area contributed by atoms with Gasteiger partial charge < -0.3 is 10.6 Å². The fourth-order valence-electron chi connectivity index (χ4n) is 1.35. The Morgan fingerprint density at radius 2 is 2.05 bits per heavy atom. The van der Waals surface area contributed by atoms with Crippen LogP contribution in [0.4, 0.5) is 0 Å². The highest BCUT2D eigenvalue weighted by atomic mass is 79.9. The molecule has 0 spiro atoms. The Kier molecular flexibility index (Phi) is 5.95. The summed E-state index contributed by atoms with van der Waals surface area (Å²) in [5, 5.41) is 5.41. The first-order valence-electron chi connectivity index (χ1n) is 6.11. The lowest BCUT2D eigenvalue weighted by molar-refractivity contribution is -0.122. The van der Waals surface area contributed by atoms with E-state index in [1.165, 1.54) is 0 Å². The number of nitrogens with zero attached hydrogens (tertiary/aromatic N) is 1. The molecule has 0 saturated carbocycles. The molecule has 1 rings (SSSR count). The molecule has 5 nitrogen and oxygen atoms in total. The third-order valence-electron chi connectivity index (χ3n) is 2.43. The van der Waals surface area contributed by atoms with E-state index in [1.54, 1.807) is 25.3 Å². The molecule has 0 aliphatic carbocycles. The second-order valence-electron chi connectivity index (χ2n) is 4.68. The highest BCUT2D eigenvalue weighted by Gasteiger charge is 2.18. The van der Waals surface area contributed by atoms with Crippen LogP contribution in [0, 0.1) is 5.92 Å². The zero-order valence-corrected chi connectivity index (χ0v) is 12.8. The van der Waals surface area contributed by atoms with Crippen molar-refractivity contribution in [3.8, 4) is 0 Å². The third kappa shape index (κ3) is 4.98. The predicted octanol–water partition coefficient (Wildman–Crippen LogP) is 1.73. The first-order chi connectivity index (χ1) is 8.91. The molecule has 6 heteroatoms. The number of carbonyl (C=O) groups excluding carboxylic acids is 2. The number of nitrogens with one attached hydrogen (secondary N) is 2. The van der Waals surface area contributed by atoms with Gasteiger partial charge in [-0.2, -0.15) is 0 Å². The summed E-state index contributed by atoms with van der Waals surface area (Å²) < 4.78 is 0.460. The molecule has 0 fully saturated rings. The summed E-state index contributed by atoms with van der Waals surface area (Å²) in [4.78, 5) is 27.7. The first-order valence-corrected chi connectivity index (χ1v) is 6.90. The Morgan fingerprint density at radius 1 is 1.37 bits per heavy atom. The number of aromatic nitrogens is 1. The first kappa shape index (κ1) is 15.6. The molecular formula is C13H18BrN3O2. The number of hydrogen-bond acceptors (Lipinski definition) is 3. The van der Waals surface area contributed by atoms with Crippen molar-refractivity contribution < 1.29 is 9.59 Å². The van der Waals surface area contributed by atoms with Crippen LogP contribution in [0.5, 0.6) is 0 Å². The van der Waals surface area contributed by atoms with Crippen LogP contribution >= 0.6 is 15.9 Å². The minimum atomic E-state index is -0.585. The number of carbonyl (C=O) groups is 2. The number of amides is 2. The van der Waals surface area contributed by atoms with E-state index in [4.69, 9.17) is 0 Å². The van der Waals surface area contributed by atoms with Gasteiger partial charge in [-0.15, -0.1) is 0 Å². The van der Waals surface area contributed by atoms with E-state index in [2.05, 4.69) is 31.5 Å². The topological polar surface area (TPSA) is 71.1 Å². The van der Waals surface area contributed by atoms with Crippen LogP contribution in [-0.4, -0.2) is 29.4 Å². The third-order valence-corrected chi connectivity index (χ3v) is 3.06. The molecule has 2 N–H and O–H groups in total. The van der Waals surface area contributed by atoms with Crippen molar-refractivity contribution in [3.63, 3.8) is 0 Å². The number of pyridine rings is 1. The van der Waals surface area contributed by atoms with Crippen molar-refractivity contribution >= 4 is 27.7 Å². The second kappa shape index (κ2) is 7.23. The summed E-state index contributed by atoms with van der Waals surface area (Å²) in [6.45, 7) is 6.26. The van der Waals surface area contributed by atoms with Crippen molar-refractivity contribution in [1.82, 2.24) is 15.6 Å². The molecule has 0 radical (unpaired) electrons. The van der Waals surface area contributed by atoms with Crippen molar-refractivity contribution in [1.29, 1.82) is 0 Å². The maximum absolute atomic E-state index is 12.0. The highest BCUT2D eigenvalue weighted by Crippen LogP contribution is 2.12. The summed E-state index contributed by atoms with van der Waals surface area (Å²) in [5.74, 6) is -0.145. The van der Waals surface area contributed by atoms with Gasteiger partial charge in [0.05, 0.1) is 5.56 Å². The van der Waals surface area contributed by atoms with Gasteiger partial charge in [-0.3, -0.25) is 9.59 Å². The van der Waals surface area contributed by atoms with E-state index >= 15 is 0 Å². The molecule has 0 bridgehead atoms. The highest BCUT2D eigenvalue weighted by molar-refractivity contribution is 9.10. The van der Waals surface area contributed by atoms with Gasteiger partial charge in [0, 0.05) is 12.7 Å². The van der Waals surface area contributed by atoms with Crippen LogP contribution < -0.4 is 10.6 Å². The Labute approximate surface area is 121 Å². The maximum atomic E-state index is 12.0. The Hall–Kier alpha value is -1.43. The SMILES string of the molecule is CC(C)CNC(=O)C(C)NC(=O)c1cccnc1Br. The molecule has 1 heterocycles. The molecule has 1 aromatic rings. The minimum absolute atomic E-state index is 0.193. The molecule has 1 unspecified atom stereocenters. The lowest BCUT2D eigenvalue weighted by atomic mass is 10.2. The maximum Gasteiger partial charge on any atom is 0.254 e. The summed E-state index contributed by atoms with van der Waals surface area (Å²) in [5.41, 5.74) is 0.408. The quantitative estimate of drug-likeness (QED) is 0.809. The average Bonchev–Trinajstić information content (AvgIpc) is 2.36. The fourth-order valence-corrected chi connectivity index (χ4v) is 1.78. The monoisotopic (exact) mass is 327 g/mol. The molecule has 2 amide bonds. The van der Waals surface area contributed by atoms with Gasteiger partial charge in [0.2, 0.25) is 5.91 Å². The largest absolute Gasteiger partial charge is 0.354 e. The Morgan fingerprint density at radius 3 is 2.63 bits per heavy atom. The van der Waals surface area contributed by atoms with Gasteiger partial charge in [-0.1, -0.05) is 13.8 Å². The summed E-state index contributed by atoms with van der Waals surface area (Å²) >= 11 is 3.20. The zero-order chi connectivity index (χ0) is 14.4. The van der Waals surface area contributed by atoms with Crippen molar-refractivity contribution in [3.05, 3.63) is 28.5 Å². The van der Waals surface area contributed by atoms with Gasteiger partial charge in [0.25, 0.3) is 5.91 Å². The molecule has 0 aliphatic rings. The molecule has 104 valence electrons. The molecule has 19 heavy (non-hydrogen) atoms. The van der Waals surface area contributed by atoms with Crippen LogP contribution in [0.25, 0.3) is 0 Å². The van der Waals surface area contributed by atoms with Crippen LogP contribution in [-0.2, 0) is 4.79 Å². The van der Waals surface area contributed by atoms with Gasteiger partial charge in [-0.05, 0) is 40.9 Å². The molecule has 1 atom stereocenters. The molecule has 0 aliphatic heterocycles. The number of halogens is 1. The fraction of sp³-hybridized carbons (Fsp3) is 0.462. The average molecular weight is 328 g/mol. The summed E-state index contributed by atoms with van der Waals surface area (Å²) in [6, 6.07) is 2.73. The van der Waals surface area contributed by atoms with Gasteiger partial charge >= 0.3 is 0 Å². The van der Waals surface area contributed by atoms with E-state index in [-0.39, 0.29) is 11.8 Å². The van der Waals surface area contributed by atoms with Gasteiger partial charge in [-0.25, -0.2) is 4.98 Å². The number of hydrogen-bond donors (Lipinski definition) is 2. The van der Waals surface area contributed by atoms with E-state index in [0.29, 0.717) is 22.6 Å². The van der Waals surface area contributed by atoms with Gasteiger partial charge in [0.1, 0.15) is 10.6 Å². The zero-order valence-electron chi connectivity index (χ0n) is 11.2. The van der Waals surface area contributed by atoms with Crippen LogP contribution in [0.15, 0.2) is 22.9 Å². The van der Waals surface area contributed by atoms with Crippen LogP contribution in [0.2, 0.25) is 0 Å². The Balaban J connectivity index is 2.57. The van der Waals surface area contributed by atoms with E-state index in [1.807, 2.05) is 13.8 Å². The molecule has 0 saturated heterocycles.